The molecule has 76 valence electrons. The van der Waals surface area contributed by atoms with Crippen LogP contribution in [0.1, 0.15) is 48.2 Å². The van der Waals surface area contributed by atoms with Gasteiger partial charge in [0.25, 0.3) is 0 Å². The van der Waals surface area contributed by atoms with Gasteiger partial charge in [0, 0.05) is 29.9 Å². The number of nitrogens with zero attached hydrogens (tertiary/aromatic N) is 2. The smallest absolute Gasteiger partial charge is 0.0963 e. The summed E-state index contributed by atoms with van der Waals surface area (Å²) >= 11 is 1.96. The molecule has 0 aromatic carbocycles. The van der Waals surface area contributed by atoms with Crippen molar-refractivity contribution in [2.45, 2.75) is 51.7 Å². The average Bonchev–Trinajstić information content (AvgIpc) is 2.76. The van der Waals surface area contributed by atoms with Crippen molar-refractivity contribution in [3.63, 3.8) is 0 Å². The number of hydrogen-bond donors (Lipinski definition) is 0. The maximum atomic E-state index is 4.76. The van der Waals surface area contributed by atoms with Gasteiger partial charge in [0.1, 0.15) is 0 Å². The summed E-state index contributed by atoms with van der Waals surface area (Å²) in [5.74, 6) is 0.832. The number of thiazole rings is 1. The molecular formula is C11H16N2S. The van der Waals surface area contributed by atoms with Crippen LogP contribution in [0.25, 0.3) is 0 Å². The number of fused-ring (bicyclic) bond motifs is 1. The zero-order valence-electron chi connectivity index (χ0n) is 8.79. The van der Waals surface area contributed by atoms with E-state index in [1.54, 1.807) is 0 Å². The summed E-state index contributed by atoms with van der Waals surface area (Å²) in [5.41, 5.74) is 1.37. The minimum atomic E-state index is 0.653. The maximum Gasteiger partial charge on any atom is 0.0963 e. The molecular weight excluding hydrogens is 192 g/mol. The Labute approximate surface area is 89.0 Å². The van der Waals surface area contributed by atoms with Crippen molar-refractivity contribution in [3.05, 3.63) is 15.6 Å². The Balaban J connectivity index is 1.81. The van der Waals surface area contributed by atoms with Crippen molar-refractivity contribution >= 4 is 11.3 Å². The summed E-state index contributed by atoms with van der Waals surface area (Å²) in [6.45, 7) is 6.74. The minimum absolute atomic E-state index is 0.653. The van der Waals surface area contributed by atoms with E-state index < -0.39 is 0 Å². The van der Waals surface area contributed by atoms with E-state index in [9.17, 15) is 0 Å². The standard InChI is InChI=1S/C11H16N2S/c1-7(2)13-5-9-10(6-13)14-11(12-9)8-3-4-8/h7-8H,3-6H2,1-2H3. The van der Waals surface area contributed by atoms with E-state index >= 15 is 0 Å². The third kappa shape index (κ3) is 1.39. The van der Waals surface area contributed by atoms with Gasteiger partial charge in [-0.2, -0.15) is 0 Å². The Hall–Kier alpha value is -0.410. The van der Waals surface area contributed by atoms with Crippen LogP contribution in [-0.2, 0) is 13.1 Å². The van der Waals surface area contributed by atoms with Crippen molar-refractivity contribution in [1.82, 2.24) is 9.88 Å². The second-order valence-electron chi connectivity index (χ2n) is 4.69. The summed E-state index contributed by atoms with van der Waals surface area (Å²) < 4.78 is 0. The fourth-order valence-electron chi connectivity index (χ4n) is 1.95. The first-order valence-corrected chi connectivity index (χ1v) is 6.28. The highest BCUT2D eigenvalue weighted by molar-refractivity contribution is 7.11. The highest BCUT2D eigenvalue weighted by Gasteiger charge is 2.31. The van der Waals surface area contributed by atoms with Gasteiger partial charge in [-0.1, -0.05) is 0 Å². The second-order valence-corrected chi connectivity index (χ2v) is 5.81. The average molecular weight is 208 g/mol. The zero-order valence-corrected chi connectivity index (χ0v) is 9.60. The van der Waals surface area contributed by atoms with Crippen LogP contribution in [0, 0.1) is 0 Å². The molecule has 1 aliphatic carbocycles. The van der Waals surface area contributed by atoms with E-state index in [1.165, 1.54) is 28.4 Å². The summed E-state index contributed by atoms with van der Waals surface area (Å²) in [7, 11) is 0. The molecule has 0 N–H and O–H groups in total. The minimum Gasteiger partial charge on any atom is -0.290 e. The summed E-state index contributed by atoms with van der Waals surface area (Å²) in [6, 6.07) is 0.653. The largest absolute Gasteiger partial charge is 0.290 e. The lowest BCUT2D eigenvalue weighted by molar-refractivity contribution is 0.226. The van der Waals surface area contributed by atoms with Crippen LogP contribution in [0.5, 0.6) is 0 Å². The van der Waals surface area contributed by atoms with Gasteiger partial charge in [-0.15, -0.1) is 11.3 Å². The highest BCUT2D eigenvalue weighted by Crippen LogP contribution is 2.44. The lowest BCUT2D eigenvalue weighted by Crippen LogP contribution is -2.24. The van der Waals surface area contributed by atoms with Crippen molar-refractivity contribution in [3.8, 4) is 0 Å². The second kappa shape index (κ2) is 3.04. The van der Waals surface area contributed by atoms with Gasteiger partial charge in [0.05, 0.1) is 10.7 Å². The van der Waals surface area contributed by atoms with Gasteiger partial charge in [-0.05, 0) is 26.7 Å². The summed E-state index contributed by atoms with van der Waals surface area (Å²) in [4.78, 5) is 8.78. The molecule has 1 aromatic rings. The molecule has 1 saturated carbocycles. The third-order valence-corrected chi connectivity index (χ3v) is 4.40. The Morgan fingerprint density at radius 1 is 1.36 bits per heavy atom. The topological polar surface area (TPSA) is 16.1 Å². The molecule has 0 bridgehead atoms. The summed E-state index contributed by atoms with van der Waals surface area (Å²) in [6.07, 6.45) is 2.75. The molecule has 1 aliphatic heterocycles. The van der Waals surface area contributed by atoms with Crippen molar-refractivity contribution < 1.29 is 0 Å². The molecule has 2 nitrogen and oxygen atoms in total. The van der Waals surface area contributed by atoms with Crippen LogP contribution in [0.3, 0.4) is 0 Å². The fraction of sp³-hybridized carbons (Fsp3) is 0.727. The van der Waals surface area contributed by atoms with Gasteiger partial charge in [-0.25, -0.2) is 4.98 Å². The lowest BCUT2D eigenvalue weighted by Gasteiger charge is -2.18. The Kier molecular flexibility index (Phi) is 1.92. The van der Waals surface area contributed by atoms with E-state index in [2.05, 4.69) is 18.7 Å². The molecule has 0 atom stereocenters. The molecule has 0 saturated heterocycles. The van der Waals surface area contributed by atoms with Crippen LogP contribution in [0.15, 0.2) is 0 Å². The van der Waals surface area contributed by atoms with E-state index in [4.69, 9.17) is 4.98 Å². The monoisotopic (exact) mass is 208 g/mol. The molecule has 3 rings (SSSR count). The van der Waals surface area contributed by atoms with Crippen molar-refractivity contribution in [1.29, 1.82) is 0 Å². The Bertz CT molecular complexity index is 329. The van der Waals surface area contributed by atoms with Crippen LogP contribution in [0.4, 0.5) is 0 Å². The molecule has 1 aromatic heterocycles. The Morgan fingerprint density at radius 2 is 2.14 bits per heavy atom. The predicted molar refractivity (Wildman–Crippen MR) is 58.5 cm³/mol. The van der Waals surface area contributed by atoms with Gasteiger partial charge in [0.2, 0.25) is 0 Å². The van der Waals surface area contributed by atoms with Gasteiger partial charge in [0.15, 0.2) is 0 Å². The molecule has 0 unspecified atom stereocenters. The third-order valence-electron chi connectivity index (χ3n) is 3.15. The normalized spacial score (nSPS) is 21.9. The van der Waals surface area contributed by atoms with E-state index in [0.29, 0.717) is 6.04 Å². The first kappa shape index (κ1) is 8.86. The van der Waals surface area contributed by atoms with Crippen LogP contribution < -0.4 is 0 Å². The summed E-state index contributed by atoms with van der Waals surface area (Å²) in [5, 5.41) is 1.42. The van der Waals surface area contributed by atoms with Gasteiger partial charge >= 0.3 is 0 Å². The molecule has 0 spiro atoms. The van der Waals surface area contributed by atoms with Crippen LogP contribution in [-0.4, -0.2) is 15.9 Å². The number of rotatable bonds is 2. The number of hydrogen-bond acceptors (Lipinski definition) is 3. The molecule has 2 aliphatic rings. The maximum absolute atomic E-state index is 4.76. The quantitative estimate of drug-likeness (QED) is 0.743. The molecule has 0 amide bonds. The van der Waals surface area contributed by atoms with E-state index in [0.717, 1.165) is 19.0 Å². The van der Waals surface area contributed by atoms with E-state index in [-0.39, 0.29) is 0 Å². The molecule has 0 radical (unpaired) electrons. The molecule has 2 heterocycles. The zero-order chi connectivity index (χ0) is 9.71. The van der Waals surface area contributed by atoms with Crippen molar-refractivity contribution in [2.75, 3.05) is 0 Å². The fourth-order valence-corrected chi connectivity index (χ4v) is 3.22. The first-order chi connectivity index (χ1) is 6.74. The van der Waals surface area contributed by atoms with Gasteiger partial charge in [-0.3, -0.25) is 4.90 Å². The van der Waals surface area contributed by atoms with Crippen LogP contribution in [0.2, 0.25) is 0 Å². The Morgan fingerprint density at radius 3 is 2.71 bits per heavy atom. The van der Waals surface area contributed by atoms with Crippen molar-refractivity contribution in [2.24, 2.45) is 0 Å². The molecule has 14 heavy (non-hydrogen) atoms. The van der Waals surface area contributed by atoms with E-state index in [1.807, 2.05) is 11.3 Å². The van der Waals surface area contributed by atoms with Gasteiger partial charge < -0.3 is 0 Å². The lowest BCUT2D eigenvalue weighted by atomic mass is 10.3. The first-order valence-electron chi connectivity index (χ1n) is 5.46. The highest BCUT2D eigenvalue weighted by atomic mass is 32.1. The predicted octanol–water partition coefficient (Wildman–Crippen LogP) is 2.74. The number of aromatic nitrogens is 1. The molecule has 3 heteroatoms. The molecule has 1 fully saturated rings. The SMILES string of the molecule is CC(C)N1Cc2nc(C3CC3)sc2C1. The van der Waals surface area contributed by atoms with Crippen LogP contribution >= 0.6 is 11.3 Å².